The molecule has 0 radical (unpaired) electrons. The molecule has 1 aliphatic rings. The Hall–Kier alpha value is -2.89. The fourth-order valence-corrected chi connectivity index (χ4v) is 2.90. The van der Waals surface area contributed by atoms with Crippen LogP contribution in [0.1, 0.15) is 37.3 Å². The number of urea groups is 1. The smallest absolute Gasteiger partial charge is 0.319 e. The molecule has 3 amide bonds. The standard InChI is InChI=1S/C20H24N4O2/c1-13(2)23-20(26)24-16-7-5-14(6-8-16)11-22-19(25)18-10-17(18)15-4-3-9-21-12-15/h3-9,12-13,17-18H,10-11H2,1-2H3,(H,22,25)(H2,23,24,26)/t17-,18-/m0/s1. The number of rotatable bonds is 6. The van der Waals surface area contributed by atoms with Crippen molar-refractivity contribution in [3.05, 3.63) is 59.9 Å². The quantitative estimate of drug-likeness (QED) is 0.747. The van der Waals surface area contributed by atoms with Crippen molar-refractivity contribution in [1.29, 1.82) is 0 Å². The van der Waals surface area contributed by atoms with Crippen molar-refractivity contribution < 1.29 is 9.59 Å². The van der Waals surface area contributed by atoms with Crippen molar-refractivity contribution >= 4 is 17.6 Å². The monoisotopic (exact) mass is 352 g/mol. The molecule has 1 heterocycles. The Balaban J connectivity index is 1.45. The third-order valence-electron chi connectivity index (χ3n) is 4.34. The third-order valence-corrected chi connectivity index (χ3v) is 4.34. The molecule has 6 nitrogen and oxygen atoms in total. The second-order valence-electron chi connectivity index (χ2n) is 6.90. The van der Waals surface area contributed by atoms with E-state index < -0.39 is 0 Å². The van der Waals surface area contributed by atoms with Crippen LogP contribution in [0.15, 0.2) is 48.8 Å². The third kappa shape index (κ3) is 4.81. The minimum Gasteiger partial charge on any atom is -0.352 e. The summed E-state index contributed by atoms with van der Waals surface area (Å²) in [6, 6.07) is 11.2. The van der Waals surface area contributed by atoms with Crippen LogP contribution in [-0.2, 0) is 11.3 Å². The zero-order chi connectivity index (χ0) is 18.5. The fourth-order valence-electron chi connectivity index (χ4n) is 2.90. The minimum atomic E-state index is -0.226. The molecule has 2 aromatic rings. The van der Waals surface area contributed by atoms with Crippen LogP contribution in [0.4, 0.5) is 10.5 Å². The highest BCUT2D eigenvalue weighted by Crippen LogP contribution is 2.47. The second kappa shape index (κ2) is 7.99. The summed E-state index contributed by atoms with van der Waals surface area (Å²) in [6.45, 7) is 4.29. The van der Waals surface area contributed by atoms with Gasteiger partial charge in [0, 0.05) is 36.6 Å². The van der Waals surface area contributed by atoms with Gasteiger partial charge in [-0.1, -0.05) is 18.2 Å². The molecule has 0 bridgehead atoms. The molecule has 0 aliphatic heterocycles. The van der Waals surface area contributed by atoms with Crippen molar-refractivity contribution in [2.75, 3.05) is 5.32 Å². The number of carbonyl (C=O) groups is 2. The van der Waals surface area contributed by atoms with E-state index in [9.17, 15) is 9.59 Å². The summed E-state index contributed by atoms with van der Waals surface area (Å²) in [5, 5.41) is 8.53. The molecule has 136 valence electrons. The Labute approximate surface area is 153 Å². The number of nitrogens with zero attached hydrogens (tertiary/aromatic N) is 1. The maximum atomic E-state index is 12.3. The minimum absolute atomic E-state index is 0.0415. The number of hydrogen-bond donors (Lipinski definition) is 3. The SMILES string of the molecule is CC(C)NC(=O)Nc1ccc(CNC(=O)[C@H]2C[C@H]2c2cccnc2)cc1. The summed E-state index contributed by atoms with van der Waals surface area (Å²) >= 11 is 0. The van der Waals surface area contributed by atoms with E-state index in [4.69, 9.17) is 0 Å². The summed E-state index contributed by atoms with van der Waals surface area (Å²) < 4.78 is 0. The Morgan fingerprint density at radius 2 is 1.96 bits per heavy atom. The first-order valence-corrected chi connectivity index (χ1v) is 8.87. The first-order valence-electron chi connectivity index (χ1n) is 8.87. The van der Waals surface area contributed by atoms with E-state index in [0.29, 0.717) is 6.54 Å². The molecule has 6 heteroatoms. The van der Waals surface area contributed by atoms with Crippen LogP contribution in [0.5, 0.6) is 0 Å². The van der Waals surface area contributed by atoms with Crippen LogP contribution >= 0.6 is 0 Å². The van der Waals surface area contributed by atoms with Gasteiger partial charge in [0.1, 0.15) is 0 Å². The lowest BCUT2D eigenvalue weighted by atomic mass is 10.1. The predicted octanol–water partition coefficient (Wildman–Crippen LogP) is 3.03. The van der Waals surface area contributed by atoms with E-state index in [1.807, 2.05) is 56.4 Å². The van der Waals surface area contributed by atoms with Gasteiger partial charge in [-0.2, -0.15) is 0 Å². The Morgan fingerprint density at radius 3 is 2.62 bits per heavy atom. The lowest BCUT2D eigenvalue weighted by Gasteiger charge is -2.11. The van der Waals surface area contributed by atoms with Gasteiger partial charge in [-0.3, -0.25) is 9.78 Å². The maximum absolute atomic E-state index is 12.3. The molecule has 1 aromatic carbocycles. The molecule has 3 N–H and O–H groups in total. The molecule has 2 atom stereocenters. The van der Waals surface area contributed by atoms with Crippen LogP contribution in [0, 0.1) is 5.92 Å². The summed E-state index contributed by atoms with van der Waals surface area (Å²) in [7, 11) is 0. The zero-order valence-corrected chi connectivity index (χ0v) is 15.0. The average Bonchev–Trinajstić information content (AvgIpc) is 3.42. The van der Waals surface area contributed by atoms with E-state index in [-0.39, 0.29) is 29.8 Å². The van der Waals surface area contributed by atoms with Crippen LogP contribution in [0.2, 0.25) is 0 Å². The first kappa shape index (κ1) is 17.9. The van der Waals surface area contributed by atoms with E-state index in [1.165, 1.54) is 0 Å². The van der Waals surface area contributed by atoms with E-state index >= 15 is 0 Å². The maximum Gasteiger partial charge on any atom is 0.319 e. The van der Waals surface area contributed by atoms with E-state index in [0.717, 1.165) is 23.2 Å². The fraction of sp³-hybridized carbons (Fsp3) is 0.350. The van der Waals surface area contributed by atoms with E-state index in [2.05, 4.69) is 20.9 Å². The van der Waals surface area contributed by atoms with Gasteiger partial charge in [0.25, 0.3) is 0 Å². The lowest BCUT2D eigenvalue weighted by Crippen LogP contribution is -2.34. The van der Waals surface area contributed by atoms with Crippen molar-refractivity contribution in [1.82, 2.24) is 15.6 Å². The van der Waals surface area contributed by atoms with Crippen LogP contribution < -0.4 is 16.0 Å². The van der Waals surface area contributed by atoms with Crippen molar-refractivity contribution in [2.24, 2.45) is 5.92 Å². The van der Waals surface area contributed by atoms with Crippen molar-refractivity contribution in [2.45, 2.75) is 38.8 Å². The summed E-state index contributed by atoms with van der Waals surface area (Å²) in [4.78, 5) is 28.1. The number of benzene rings is 1. The van der Waals surface area contributed by atoms with Gasteiger partial charge in [-0.25, -0.2) is 4.79 Å². The molecule has 1 aliphatic carbocycles. The molecular formula is C20H24N4O2. The second-order valence-corrected chi connectivity index (χ2v) is 6.90. The van der Waals surface area contributed by atoms with E-state index in [1.54, 1.807) is 6.20 Å². The molecular weight excluding hydrogens is 328 g/mol. The molecule has 1 saturated carbocycles. The van der Waals surface area contributed by atoms with Gasteiger partial charge in [-0.05, 0) is 55.5 Å². The molecule has 3 rings (SSSR count). The van der Waals surface area contributed by atoms with Crippen LogP contribution in [0.25, 0.3) is 0 Å². The van der Waals surface area contributed by atoms with Gasteiger partial charge in [0.05, 0.1) is 0 Å². The molecule has 1 fully saturated rings. The van der Waals surface area contributed by atoms with Crippen LogP contribution in [-0.4, -0.2) is 23.0 Å². The highest BCUT2D eigenvalue weighted by molar-refractivity contribution is 5.89. The molecule has 0 unspecified atom stereocenters. The summed E-state index contributed by atoms with van der Waals surface area (Å²) in [5.41, 5.74) is 2.84. The topological polar surface area (TPSA) is 83.1 Å². The number of amides is 3. The first-order chi connectivity index (χ1) is 12.5. The predicted molar refractivity (Wildman–Crippen MR) is 101 cm³/mol. The zero-order valence-electron chi connectivity index (χ0n) is 15.0. The van der Waals surface area contributed by atoms with Crippen molar-refractivity contribution in [3.8, 4) is 0 Å². The number of hydrogen-bond acceptors (Lipinski definition) is 3. The highest BCUT2D eigenvalue weighted by atomic mass is 16.2. The van der Waals surface area contributed by atoms with Crippen LogP contribution in [0.3, 0.4) is 0 Å². The number of pyridine rings is 1. The number of carbonyl (C=O) groups excluding carboxylic acids is 2. The van der Waals surface area contributed by atoms with Gasteiger partial charge in [0.15, 0.2) is 0 Å². The van der Waals surface area contributed by atoms with Gasteiger partial charge in [-0.15, -0.1) is 0 Å². The van der Waals surface area contributed by atoms with Gasteiger partial charge >= 0.3 is 6.03 Å². The van der Waals surface area contributed by atoms with Gasteiger partial charge in [0.2, 0.25) is 5.91 Å². The highest BCUT2D eigenvalue weighted by Gasteiger charge is 2.43. The lowest BCUT2D eigenvalue weighted by molar-refractivity contribution is -0.122. The molecule has 26 heavy (non-hydrogen) atoms. The van der Waals surface area contributed by atoms with Gasteiger partial charge < -0.3 is 16.0 Å². The molecule has 0 saturated heterocycles. The molecule has 1 aromatic heterocycles. The number of nitrogens with one attached hydrogen (secondary N) is 3. The summed E-state index contributed by atoms with van der Waals surface area (Å²) in [6.07, 6.45) is 4.45. The average molecular weight is 352 g/mol. The normalized spacial score (nSPS) is 18.3. The Bertz CT molecular complexity index is 759. The number of aromatic nitrogens is 1. The van der Waals surface area contributed by atoms with Crippen molar-refractivity contribution in [3.63, 3.8) is 0 Å². The number of anilines is 1. The largest absolute Gasteiger partial charge is 0.352 e. The summed E-state index contributed by atoms with van der Waals surface area (Å²) in [5.74, 6) is 0.409. The molecule has 0 spiro atoms. The Kier molecular flexibility index (Phi) is 5.51. The Morgan fingerprint density at radius 1 is 1.19 bits per heavy atom.